The van der Waals surface area contributed by atoms with Crippen molar-refractivity contribution in [1.82, 2.24) is 10.2 Å². The summed E-state index contributed by atoms with van der Waals surface area (Å²) in [5.41, 5.74) is 0.528. The molecule has 0 aromatic rings. The van der Waals surface area contributed by atoms with Crippen LogP contribution in [0.1, 0.15) is 6.42 Å². The summed E-state index contributed by atoms with van der Waals surface area (Å²) >= 11 is 0. The van der Waals surface area contributed by atoms with Crippen LogP contribution in [-0.4, -0.2) is 30.8 Å². The fourth-order valence-electron chi connectivity index (χ4n) is 0.920. The number of carbonyl (C=O) groups excluding carboxylic acids is 2. The second-order valence-electron chi connectivity index (χ2n) is 2.67. The number of hydrogen-bond donors (Lipinski definition) is 1. The Morgan fingerprint density at radius 1 is 1.45 bits per heavy atom. The summed E-state index contributed by atoms with van der Waals surface area (Å²) in [6.45, 7) is 0. The molecule has 60 valence electrons. The van der Waals surface area contributed by atoms with E-state index in [0.29, 0.717) is 5.57 Å². The van der Waals surface area contributed by atoms with Crippen LogP contribution in [0, 0.1) is 0 Å². The predicted molar refractivity (Wildman–Crippen MR) is 39.5 cm³/mol. The molecule has 0 atom stereocenters. The molecule has 4 heteroatoms. The van der Waals surface area contributed by atoms with E-state index in [1.54, 1.807) is 11.1 Å². The van der Waals surface area contributed by atoms with Gasteiger partial charge in [-0.3, -0.25) is 14.9 Å². The van der Waals surface area contributed by atoms with E-state index in [4.69, 9.17) is 0 Å². The lowest BCUT2D eigenvalue weighted by Gasteiger charge is -2.03. The highest BCUT2D eigenvalue weighted by molar-refractivity contribution is 6.13. The van der Waals surface area contributed by atoms with E-state index in [-0.39, 0.29) is 18.2 Å². The molecule has 4 nitrogen and oxygen atoms in total. The molecule has 0 aromatic heterocycles. The first-order chi connectivity index (χ1) is 5.09. The fourth-order valence-corrected chi connectivity index (χ4v) is 0.920. The van der Waals surface area contributed by atoms with Crippen molar-refractivity contribution in [1.29, 1.82) is 0 Å². The normalized spacial score (nSPS) is 20.7. The van der Waals surface area contributed by atoms with Gasteiger partial charge in [0.15, 0.2) is 0 Å². The van der Waals surface area contributed by atoms with Crippen molar-refractivity contribution < 1.29 is 9.59 Å². The van der Waals surface area contributed by atoms with Crippen LogP contribution in [0.3, 0.4) is 0 Å². The van der Waals surface area contributed by atoms with Crippen molar-refractivity contribution >= 4 is 11.8 Å². The minimum atomic E-state index is -0.274. The van der Waals surface area contributed by atoms with Gasteiger partial charge in [-0.15, -0.1) is 0 Å². The number of amides is 2. The van der Waals surface area contributed by atoms with Crippen molar-refractivity contribution in [2.24, 2.45) is 0 Å². The second-order valence-corrected chi connectivity index (χ2v) is 2.67. The summed E-state index contributed by atoms with van der Waals surface area (Å²) in [7, 11) is 3.62. The van der Waals surface area contributed by atoms with Gasteiger partial charge in [0.1, 0.15) is 0 Å². The van der Waals surface area contributed by atoms with Gasteiger partial charge in [0.25, 0.3) is 5.91 Å². The first-order valence-electron chi connectivity index (χ1n) is 3.31. The summed E-state index contributed by atoms with van der Waals surface area (Å²) in [5, 5.41) is 2.20. The van der Waals surface area contributed by atoms with Crippen molar-refractivity contribution in [2.45, 2.75) is 6.42 Å². The highest BCUT2D eigenvalue weighted by atomic mass is 16.2. The number of nitrogens with one attached hydrogen (secondary N) is 1. The van der Waals surface area contributed by atoms with Crippen LogP contribution >= 0.6 is 0 Å². The molecule has 0 saturated carbocycles. The summed E-state index contributed by atoms with van der Waals surface area (Å²) in [4.78, 5) is 23.3. The Labute approximate surface area is 64.9 Å². The molecule has 0 bridgehead atoms. The van der Waals surface area contributed by atoms with E-state index in [1.165, 1.54) is 0 Å². The van der Waals surface area contributed by atoms with Crippen LogP contribution in [0.15, 0.2) is 11.8 Å². The summed E-state index contributed by atoms with van der Waals surface area (Å²) < 4.78 is 0. The monoisotopic (exact) mass is 154 g/mol. The summed E-state index contributed by atoms with van der Waals surface area (Å²) in [6, 6.07) is 0. The fraction of sp³-hybridized carbons (Fsp3) is 0.429. The minimum absolute atomic E-state index is 0.205. The van der Waals surface area contributed by atoms with E-state index in [0.717, 1.165) is 0 Å². The molecule has 0 spiro atoms. The average Bonchev–Trinajstić information content (AvgIpc) is 2.09. The zero-order valence-electron chi connectivity index (χ0n) is 6.55. The molecule has 0 aliphatic carbocycles. The van der Waals surface area contributed by atoms with E-state index in [2.05, 4.69) is 5.32 Å². The maximum Gasteiger partial charge on any atom is 0.255 e. The third-order valence-corrected chi connectivity index (χ3v) is 1.31. The SMILES string of the molecule is CN(C)/C=C1\CC(=O)NC1=O. The van der Waals surface area contributed by atoms with Gasteiger partial charge in [-0.05, 0) is 0 Å². The predicted octanol–water partition coefficient (Wildman–Crippen LogP) is -0.522. The number of hydrogen-bond acceptors (Lipinski definition) is 3. The Balaban J connectivity index is 2.75. The van der Waals surface area contributed by atoms with Crippen molar-refractivity contribution in [3.63, 3.8) is 0 Å². The highest BCUT2D eigenvalue weighted by Gasteiger charge is 2.23. The largest absolute Gasteiger partial charge is 0.383 e. The number of nitrogens with zero attached hydrogens (tertiary/aromatic N) is 1. The maximum absolute atomic E-state index is 10.9. The molecule has 11 heavy (non-hydrogen) atoms. The second kappa shape index (κ2) is 2.74. The van der Waals surface area contributed by atoms with Crippen LogP contribution < -0.4 is 5.32 Å². The average molecular weight is 154 g/mol. The Kier molecular flexibility index (Phi) is 1.94. The Bertz CT molecular complexity index is 231. The molecule has 0 unspecified atom stereocenters. The Morgan fingerprint density at radius 3 is 2.45 bits per heavy atom. The summed E-state index contributed by atoms with van der Waals surface area (Å²) in [5.74, 6) is -0.494. The number of carbonyl (C=O) groups is 2. The maximum atomic E-state index is 10.9. The molecule has 1 aliphatic rings. The summed E-state index contributed by atoms with van der Waals surface area (Å²) in [6.07, 6.45) is 1.86. The zero-order chi connectivity index (χ0) is 8.43. The van der Waals surface area contributed by atoms with Gasteiger partial charge in [0, 0.05) is 25.9 Å². The van der Waals surface area contributed by atoms with Gasteiger partial charge in [0.2, 0.25) is 5.91 Å². The van der Waals surface area contributed by atoms with E-state index in [1.807, 2.05) is 14.1 Å². The molecule has 0 aromatic carbocycles. The van der Waals surface area contributed by atoms with Crippen molar-refractivity contribution in [2.75, 3.05) is 14.1 Å². The van der Waals surface area contributed by atoms with E-state index in [9.17, 15) is 9.59 Å². The quantitative estimate of drug-likeness (QED) is 0.408. The molecule has 1 saturated heterocycles. The molecule has 0 radical (unpaired) electrons. The van der Waals surface area contributed by atoms with Gasteiger partial charge < -0.3 is 4.90 Å². The van der Waals surface area contributed by atoms with Crippen LogP contribution in [0.4, 0.5) is 0 Å². The molecule has 1 N–H and O–H groups in total. The molecule has 1 fully saturated rings. The Hall–Kier alpha value is -1.32. The van der Waals surface area contributed by atoms with Crippen molar-refractivity contribution in [3.05, 3.63) is 11.8 Å². The number of rotatable bonds is 1. The lowest BCUT2D eigenvalue weighted by atomic mass is 10.2. The van der Waals surface area contributed by atoms with Gasteiger partial charge >= 0.3 is 0 Å². The first-order valence-corrected chi connectivity index (χ1v) is 3.31. The molecule has 2 amide bonds. The molecule has 1 aliphatic heterocycles. The van der Waals surface area contributed by atoms with Crippen LogP contribution in [0.5, 0.6) is 0 Å². The molecular formula is C7H10N2O2. The van der Waals surface area contributed by atoms with Gasteiger partial charge in [0.05, 0.1) is 6.42 Å². The van der Waals surface area contributed by atoms with Crippen LogP contribution in [0.25, 0.3) is 0 Å². The highest BCUT2D eigenvalue weighted by Crippen LogP contribution is 2.08. The topological polar surface area (TPSA) is 49.4 Å². The third-order valence-electron chi connectivity index (χ3n) is 1.31. The number of imide groups is 1. The lowest BCUT2D eigenvalue weighted by molar-refractivity contribution is -0.124. The van der Waals surface area contributed by atoms with E-state index >= 15 is 0 Å². The smallest absolute Gasteiger partial charge is 0.255 e. The molecular weight excluding hydrogens is 144 g/mol. The van der Waals surface area contributed by atoms with Crippen LogP contribution in [0.2, 0.25) is 0 Å². The van der Waals surface area contributed by atoms with Gasteiger partial charge in [-0.1, -0.05) is 0 Å². The van der Waals surface area contributed by atoms with Crippen molar-refractivity contribution in [3.8, 4) is 0 Å². The Morgan fingerprint density at radius 2 is 2.09 bits per heavy atom. The first kappa shape index (κ1) is 7.78. The van der Waals surface area contributed by atoms with Crippen LogP contribution in [-0.2, 0) is 9.59 Å². The molecule has 1 heterocycles. The third kappa shape index (κ3) is 1.80. The van der Waals surface area contributed by atoms with Gasteiger partial charge in [-0.25, -0.2) is 0 Å². The zero-order valence-corrected chi connectivity index (χ0v) is 6.55. The molecule has 1 rings (SSSR count). The van der Waals surface area contributed by atoms with E-state index < -0.39 is 0 Å². The lowest BCUT2D eigenvalue weighted by Crippen LogP contribution is -2.19. The standard InChI is InChI=1S/C7H10N2O2/c1-9(2)4-5-3-6(10)8-7(5)11/h4H,3H2,1-2H3,(H,8,10,11)/b5-4+. The van der Waals surface area contributed by atoms with Gasteiger partial charge in [-0.2, -0.15) is 0 Å². The minimum Gasteiger partial charge on any atom is -0.383 e.